The van der Waals surface area contributed by atoms with Crippen LogP contribution in [0.4, 0.5) is 0 Å². The summed E-state index contributed by atoms with van der Waals surface area (Å²) in [6, 6.07) is 0. The Morgan fingerprint density at radius 3 is 2.24 bits per heavy atom. The topological polar surface area (TPSA) is 29.1 Å². The molecule has 0 fully saturated rings. The highest BCUT2D eigenvalue weighted by molar-refractivity contribution is 5.91. The molecule has 4 heteroatoms. The smallest absolute Gasteiger partial charge is 0.246 e. The Kier molecular flexibility index (Phi) is 10.8. The molecular formula is C13H27BrN2O. The van der Waals surface area contributed by atoms with Crippen molar-refractivity contribution in [1.29, 1.82) is 0 Å². The molecule has 1 N–H and O–H groups in total. The van der Waals surface area contributed by atoms with E-state index in [1.165, 1.54) is 19.4 Å². The molecule has 3 nitrogen and oxygen atoms in total. The zero-order chi connectivity index (χ0) is 12.6. The molecule has 0 aliphatic carbocycles. The summed E-state index contributed by atoms with van der Waals surface area (Å²) < 4.78 is 1.04. The van der Waals surface area contributed by atoms with Crippen LogP contribution in [-0.4, -0.2) is 44.1 Å². The normalized spacial score (nSPS) is 10.6. The van der Waals surface area contributed by atoms with Gasteiger partial charge in [-0.3, -0.25) is 4.79 Å². The van der Waals surface area contributed by atoms with Gasteiger partial charge in [-0.15, -0.1) is 0 Å². The van der Waals surface area contributed by atoms with Gasteiger partial charge >= 0.3 is 0 Å². The van der Waals surface area contributed by atoms with E-state index in [1.807, 2.05) is 0 Å². The number of quaternary nitrogens is 1. The lowest BCUT2D eigenvalue weighted by Gasteiger charge is -2.29. The van der Waals surface area contributed by atoms with Gasteiger partial charge in [0, 0.05) is 18.5 Å². The van der Waals surface area contributed by atoms with E-state index in [2.05, 4.69) is 32.9 Å². The largest absolute Gasteiger partial charge is 1.00 e. The second-order valence-corrected chi connectivity index (χ2v) is 5.13. The Hall–Kier alpha value is -0.350. The second-order valence-electron chi connectivity index (χ2n) is 5.13. The first kappa shape index (κ1) is 19.0. The van der Waals surface area contributed by atoms with Crippen molar-refractivity contribution in [2.45, 2.75) is 33.1 Å². The van der Waals surface area contributed by atoms with Crippen molar-refractivity contribution in [2.24, 2.45) is 0 Å². The molecule has 0 aliphatic rings. The molecule has 0 aromatic heterocycles. The maximum Gasteiger partial charge on any atom is 0.246 e. The van der Waals surface area contributed by atoms with E-state index in [-0.39, 0.29) is 22.9 Å². The van der Waals surface area contributed by atoms with Crippen LogP contribution in [0.25, 0.3) is 0 Å². The lowest BCUT2D eigenvalue weighted by Crippen LogP contribution is -3.00. The van der Waals surface area contributed by atoms with Crippen molar-refractivity contribution in [3.8, 4) is 0 Å². The van der Waals surface area contributed by atoms with E-state index in [0.29, 0.717) is 5.57 Å². The van der Waals surface area contributed by atoms with Crippen LogP contribution in [0.2, 0.25) is 0 Å². The number of hydrogen-bond acceptors (Lipinski definition) is 1. The molecule has 0 aromatic rings. The van der Waals surface area contributed by atoms with Gasteiger partial charge in [-0.05, 0) is 13.3 Å². The lowest BCUT2D eigenvalue weighted by molar-refractivity contribution is -0.890. The third-order valence-electron chi connectivity index (χ3n) is 2.73. The van der Waals surface area contributed by atoms with E-state index in [0.717, 1.165) is 24.0 Å². The molecule has 17 heavy (non-hydrogen) atoms. The maximum atomic E-state index is 11.2. The SMILES string of the molecule is C=C(C)C(=O)NCCC[N+](C)(C)CCCC.[Br-]. The first-order valence-corrected chi connectivity index (χ1v) is 6.15. The summed E-state index contributed by atoms with van der Waals surface area (Å²) in [7, 11) is 4.49. The van der Waals surface area contributed by atoms with Crippen LogP contribution >= 0.6 is 0 Å². The predicted octanol–water partition coefficient (Wildman–Crippen LogP) is -1.05. The zero-order valence-electron chi connectivity index (χ0n) is 11.7. The molecular weight excluding hydrogens is 280 g/mol. The first-order valence-electron chi connectivity index (χ1n) is 6.15. The summed E-state index contributed by atoms with van der Waals surface area (Å²) in [6.45, 7) is 10.6. The number of unbranched alkanes of at least 4 members (excludes halogenated alkanes) is 1. The molecule has 102 valence electrons. The summed E-state index contributed by atoms with van der Waals surface area (Å²) in [5, 5.41) is 2.86. The fourth-order valence-electron chi connectivity index (χ4n) is 1.56. The fourth-order valence-corrected chi connectivity index (χ4v) is 1.56. The van der Waals surface area contributed by atoms with Gasteiger partial charge in [0.2, 0.25) is 5.91 Å². The molecule has 0 atom stereocenters. The van der Waals surface area contributed by atoms with Gasteiger partial charge in [0.15, 0.2) is 0 Å². The van der Waals surface area contributed by atoms with E-state index >= 15 is 0 Å². The number of rotatable bonds is 8. The van der Waals surface area contributed by atoms with Crippen molar-refractivity contribution in [2.75, 3.05) is 33.7 Å². The van der Waals surface area contributed by atoms with Crippen molar-refractivity contribution in [1.82, 2.24) is 5.32 Å². The van der Waals surface area contributed by atoms with E-state index in [1.54, 1.807) is 6.92 Å². The van der Waals surface area contributed by atoms with Gasteiger partial charge in [0.25, 0.3) is 0 Å². The Morgan fingerprint density at radius 1 is 1.24 bits per heavy atom. The molecule has 0 saturated carbocycles. The maximum absolute atomic E-state index is 11.2. The first-order chi connectivity index (χ1) is 7.39. The Morgan fingerprint density at radius 2 is 1.76 bits per heavy atom. The van der Waals surface area contributed by atoms with Crippen LogP contribution in [0.1, 0.15) is 33.1 Å². The molecule has 0 spiro atoms. The standard InChI is InChI=1S/C13H26N2O.BrH/c1-6-7-10-15(4,5)11-8-9-14-13(16)12(2)3;/h2,6-11H2,1,3-5H3;1H. The third kappa shape index (κ3) is 10.5. The minimum absolute atomic E-state index is 0. The number of carbonyl (C=O) groups excluding carboxylic acids is 1. The molecule has 0 aromatic carbocycles. The number of halogens is 1. The van der Waals surface area contributed by atoms with Crippen LogP contribution in [0.5, 0.6) is 0 Å². The molecule has 1 amide bonds. The number of hydrogen-bond donors (Lipinski definition) is 1. The van der Waals surface area contributed by atoms with E-state index in [9.17, 15) is 4.79 Å². The summed E-state index contributed by atoms with van der Waals surface area (Å²) in [5.74, 6) is -0.0288. The molecule has 0 heterocycles. The highest BCUT2D eigenvalue weighted by Gasteiger charge is 2.13. The molecule has 0 aliphatic heterocycles. The number of carbonyl (C=O) groups is 1. The van der Waals surface area contributed by atoms with Gasteiger partial charge in [0.1, 0.15) is 0 Å². The minimum Gasteiger partial charge on any atom is -1.00 e. The summed E-state index contributed by atoms with van der Waals surface area (Å²) >= 11 is 0. The van der Waals surface area contributed by atoms with E-state index < -0.39 is 0 Å². The predicted molar refractivity (Wildman–Crippen MR) is 69.2 cm³/mol. The summed E-state index contributed by atoms with van der Waals surface area (Å²) in [5.41, 5.74) is 0.583. The van der Waals surface area contributed by atoms with Crippen LogP contribution in [0.3, 0.4) is 0 Å². The third-order valence-corrected chi connectivity index (χ3v) is 2.73. The monoisotopic (exact) mass is 306 g/mol. The summed E-state index contributed by atoms with van der Waals surface area (Å²) in [6.07, 6.45) is 3.54. The van der Waals surface area contributed by atoms with Gasteiger partial charge in [-0.2, -0.15) is 0 Å². The van der Waals surface area contributed by atoms with Crippen molar-refractivity contribution < 1.29 is 26.3 Å². The van der Waals surface area contributed by atoms with Crippen molar-refractivity contribution >= 4 is 5.91 Å². The molecule has 0 rings (SSSR count). The Bertz CT molecular complexity index is 240. The second kappa shape index (κ2) is 9.66. The molecule has 0 bridgehead atoms. The Labute approximate surface area is 117 Å². The molecule has 0 radical (unpaired) electrons. The zero-order valence-corrected chi connectivity index (χ0v) is 13.3. The van der Waals surface area contributed by atoms with Gasteiger partial charge < -0.3 is 26.8 Å². The van der Waals surface area contributed by atoms with Crippen LogP contribution in [0.15, 0.2) is 12.2 Å². The Balaban J connectivity index is 0. The van der Waals surface area contributed by atoms with Gasteiger partial charge in [0.05, 0.1) is 27.2 Å². The quantitative estimate of drug-likeness (QED) is 0.346. The highest BCUT2D eigenvalue weighted by Crippen LogP contribution is 2.02. The fraction of sp³-hybridized carbons (Fsp3) is 0.769. The molecule has 0 saturated heterocycles. The molecule has 0 unspecified atom stereocenters. The van der Waals surface area contributed by atoms with Crippen LogP contribution < -0.4 is 22.3 Å². The van der Waals surface area contributed by atoms with Crippen molar-refractivity contribution in [3.63, 3.8) is 0 Å². The highest BCUT2D eigenvalue weighted by atomic mass is 79.9. The minimum atomic E-state index is -0.0288. The van der Waals surface area contributed by atoms with Gasteiger partial charge in [-0.25, -0.2) is 0 Å². The van der Waals surface area contributed by atoms with Crippen LogP contribution in [-0.2, 0) is 4.79 Å². The lowest BCUT2D eigenvalue weighted by atomic mass is 10.2. The number of amides is 1. The van der Waals surface area contributed by atoms with Gasteiger partial charge in [-0.1, -0.05) is 19.9 Å². The number of nitrogens with zero attached hydrogens (tertiary/aromatic N) is 1. The van der Waals surface area contributed by atoms with Crippen molar-refractivity contribution in [3.05, 3.63) is 12.2 Å². The van der Waals surface area contributed by atoms with E-state index in [4.69, 9.17) is 0 Å². The average Bonchev–Trinajstić information content (AvgIpc) is 2.21. The summed E-state index contributed by atoms with van der Waals surface area (Å²) in [4.78, 5) is 11.2. The van der Waals surface area contributed by atoms with Crippen LogP contribution in [0, 0.1) is 0 Å². The number of nitrogens with one attached hydrogen (secondary N) is 1. The average molecular weight is 307 g/mol.